The molecule has 1 aliphatic heterocycles. The van der Waals surface area contributed by atoms with Gasteiger partial charge in [0, 0.05) is 18.2 Å². The molecule has 2 heterocycles. The number of aryl methyl sites for hydroxylation is 1. The maximum atomic E-state index is 12.7. The van der Waals surface area contributed by atoms with Crippen LogP contribution in [-0.2, 0) is 4.79 Å². The van der Waals surface area contributed by atoms with Gasteiger partial charge in [-0.1, -0.05) is 65.3 Å². The van der Waals surface area contributed by atoms with E-state index in [9.17, 15) is 4.79 Å². The monoisotopic (exact) mass is 359 g/mol. The largest absolute Gasteiger partial charge is 0.337 e. The lowest BCUT2D eigenvalue weighted by Crippen LogP contribution is -2.29. The first-order valence-corrected chi connectivity index (χ1v) is 9.15. The summed E-state index contributed by atoms with van der Waals surface area (Å²) in [6.07, 6.45) is 5.21. The number of rotatable bonds is 4. The van der Waals surface area contributed by atoms with Gasteiger partial charge in [0.1, 0.15) is 6.04 Å². The van der Waals surface area contributed by atoms with Crippen molar-refractivity contribution in [3.63, 3.8) is 0 Å². The standard InChI is InChI=1S/C22H21N3O2/c1-16-9-12-18(13-10-16)21-23-22(27-24-21)19-8-5-15-25(19)20(26)14-11-17-6-3-2-4-7-17/h2-4,6-7,9-14,19H,5,8,15H2,1H3/b14-11+/t19-/m1/s1. The smallest absolute Gasteiger partial charge is 0.249 e. The summed E-state index contributed by atoms with van der Waals surface area (Å²) in [5.74, 6) is 1.03. The molecule has 2 aromatic carbocycles. The van der Waals surface area contributed by atoms with E-state index in [1.807, 2.05) is 72.5 Å². The predicted octanol–water partition coefficient (Wildman–Crippen LogP) is 4.42. The Kier molecular flexibility index (Phi) is 4.83. The zero-order valence-electron chi connectivity index (χ0n) is 15.2. The van der Waals surface area contributed by atoms with Crippen LogP contribution in [0, 0.1) is 6.92 Å². The van der Waals surface area contributed by atoms with Crippen LogP contribution in [0.1, 0.15) is 35.9 Å². The quantitative estimate of drug-likeness (QED) is 0.647. The third-order valence-electron chi connectivity index (χ3n) is 4.79. The first-order valence-electron chi connectivity index (χ1n) is 9.15. The highest BCUT2D eigenvalue weighted by atomic mass is 16.5. The Balaban J connectivity index is 1.50. The van der Waals surface area contributed by atoms with E-state index < -0.39 is 0 Å². The Morgan fingerprint density at radius 3 is 2.70 bits per heavy atom. The van der Waals surface area contributed by atoms with Crippen LogP contribution >= 0.6 is 0 Å². The average molecular weight is 359 g/mol. The molecule has 0 spiro atoms. The number of carbonyl (C=O) groups excluding carboxylic acids is 1. The normalized spacial score (nSPS) is 16.9. The summed E-state index contributed by atoms with van der Waals surface area (Å²) in [4.78, 5) is 19.0. The molecule has 1 aromatic heterocycles. The van der Waals surface area contributed by atoms with Crippen LogP contribution in [0.2, 0.25) is 0 Å². The number of aromatic nitrogens is 2. The highest BCUT2D eigenvalue weighted by Gasteiger charge is 2.33. The fourth-order valence-corrected chi connectivity index (χ4v) is 3.31. The molecule has 0 bridgehead atoms. The van der Waals surface area contributed by atoms with E-state index in [0.717, 1.165) is 24.0 Å². The van der Waals surface area contributed by atoms with Gasteiger partial charge in [0.2, 0.25) is 17.6 Å². The molecule has 4 rings (SSSR count). The molecule has 1 atom stereocenters. The number of hydrogen-bond acceptors (Lipinski definition) is 4. The second-order valence-corrected chi connectivity index (χ2v) is 6.76. The molecule has 0 saturated carbocycles. The lowest BCUT2D eigenvalue weighted by atomic mass is 10.1. The van der Waals surface area contributed by atoms with Gasteiger partial charge in [-0.15, -0.1) is 0 Å². The average Bonchev–Trinajstić information content (AvgIpc) is 3.37. The van der Waals surface area contributed by atoms with Crippen molar-refractivity contribution in [3.05, 3.63) is 77.7 Å². The molecule has 0 radical (unpaired) electrons. The first-order chi connectivity index (χ1) is 13.2. The lowest BCUT2D eigenvalue weighted by molar-refractivity contribution is -0.127. The maximum absolute atomic E-state index is 12.7. The SMILES string of the molecule is Cc1ccc(-c2noc([C@H]3CCCN3C(=O)/C=C/c3ccccc3)n2)cc1. The minimum Gasteiger partial charge on any atom is -0.337 e. The Morgan fingerprint density at radius 1 is 1.15 bits per heavy atom. The fraction of sp³-hybridized carbons (Fsp3) is 0.227. The van der Waals surface area contributed by atoms with Crippen molar-refractivity contribution < 1.29 is 9.32 Å². The number of amides is 1. The van der Waals surface area contributed by atoms with Gasteiger partial charge in [0.05, 0.1) is 0 Å². The van der Waals surface area contributed by atoms with Gasteiger partial charge in [-0.3, -0.25) is 4.79 Å². The van der Waals surface area contributed by atoms with Crippen molar-refractivity contribution in [3.8, 4) is 11.4 Å². The number of likely N-dealkylation sites (tertiary alicyclic amines) is 1. The summed E-state index contributed by atoms with van der Waals surface area (Å²) in [5.41, 5.74) is 3.09. The van der Waals surface area contributed by atoms with E-state index in [2.05, 4.69) is 10.1 Å². The zero-order chi connectivity index (χ0) is 18.6. The zero-order valence-corrected chi connectivity index (χ0v) is 15.2. The molecule has 27 heavy (non-hydrogen) atoms. The van der Waals surface area contributed by atoms with Gasteiger partial charge in [0.25, 0.3) is 0 Å². The van der Waals surface area contributed by atoms with Gasteiger partial charge in [-0.05, 0) is 31.4 Å². The van der Waals surface area contributed by atoms with E-state index in [1.54, 1.807) is 6.08 Å². The van der Waals surface area contributed by atoms with Crippen LogP contribution in [0.15, 0.2) is 65.2 Å². The van der Waals surface area contributed by atoms with Crippen molar-refractivity contribution in [1.29, 1.82) is 0 Å². The van der Waals surface area contributed by atoms with Crippen LogP contribution in [0.25, 0.3) is 17.5 Å². The molecule has 3 aromatic rings. The van der Waals surface area contributed by atoms with Crippen LogP contribution in [0.5, 0.6) is 0 Å². The summed E-state index contributed by atoms with van der Waals surface area (Å²) in [5, 5.41) is 4.11. The Hall–Kier alpha value is -3.21. The van der Waals surface area contributed by atoms with Gasteiger partial charge in [0.15, 0.2) is 0 Å². The van der Waals surface area contributed by atoms with Gasteiger partial charge < -0.3 is 9.42 Å². The minimum atomic E-state index is -0.162. The van der Waals surface area contributed by atoms with Crippen LogP contribution in [0.3, 0.4) is 0 Å². The van der Waals surface area contributed by atoms with Crippen molar-refractivity contribution in [2.75, 3.05) is 6.54 Å². The topological polar surface area (TPSA) is 59.2 Å². The van der Waals surface area contributed by atoms with Crippen LogP contribution < -0.4 is 0 Å². The third kappa shape index (κ3) is 3.82. The van der Waals surface area contributed by atoms with Gasteiger partial charge in [-0.25, -0.2) is 0 Å². The Bertz CT molecular complexity index is 945. The van der Waals surface area contributed by atoms with Gasteiger partial charge in [-0.2, -0.15) is 4.98 Å². The molecule has 0 N–H and O–H groups in total. The number of benzene rings is 2. The summed E-state index contributed by atoms with van der Waals surface area (Å²) < 4.78 is 5.50. The van der Waals surface area contributed by atoms with Crippen molar-refractivity contribution in [1.82, 2.24) is 15.0 Å². The molecular weight excluding hydrogens is 338 g/mol. The van der Waals surface area contributed by atoms with Crippen LogP contribution in [0.4, 0.5) is 0 Å². The molecule has 1 saturated heterocycles. The first kappa shape index (κ1) is 17.2. The summed E-state index contributed by atoms with van der Waals surface area (Å²) in [6, 6.07) is 17.6. The Labute approximate surface area is 158 Å². The third-order valence-corrected chi connectivity index (χ3v) is 4.79. The van der Waals surface area contributed by atoms with Gasteiger partial charge >= 0.3 is 0 Å². The van der Waals surface area contributed by atoms with E-state index in [4.69, 9.17) is 4.52 Å². The predicted molar refractivity (Wildman–Crippen MR) is 104 cm³/mol. The highest BCUT2D eigenvalue weighted by Crippen LogP contribution is 2.32. The van der Waals surface area contributed by atoms with E-state index in [-0.39, 0.29) is 11.9 Å². The molecule has 136 valence electrons. The molecule has 1 fully saturated rings. The van der Waals surface area contributed by atoms with Crippen molar-refractivity contribution in [2.45, 2.75) is 25.8 Å². The van der Waals surface area contributed by atoms with Crippen molar-refractivity contribution >= 4 is 12.0 Å². The molecule has 0 aliphatic carbocycles. The fourth-order valence-electron chi connectivity index (χ4n) is 3.31. The number of hydrogen-bond donors (Lipinski definition) is 0. The molecule has 5 heteroatoms. The second kappa shape index (κ2) is 7.58. The lowest BCUT2D eigenvalue weighted by Gasteiger charge is -2.20. The van der Waals surface area contributed by atoms with Crippen molar-refractivity contribution in [2.24, 2.45) is 0 Å². The second-order valence-electron chi connectivity index (χ2n) is 6.76. The van der Waals surface area contributed by atoms with E-state index >= 15 is 0 Å². The number of carbonyl (C=O) groups is 1. The summed E-state index contributed by atoms with van der Waals surface area (Å²) in [6.45, 7) is 2.74. The summed E-state index contributed by atoms with van der Waals surface area (Å²) in [7, 11) is 0. The maximum Gasteiger partial charge on any atom is 0.249 e. The number of nitrogens with zero attached hydrogens (tertiary/aromatic N) is 3. The molecule has 5 nitrogen and oxygen atoms in total. The molecular formula is C22H21N3O2. The van der Waals surface area contributed by atoms with E-state index in [0.29, 0.717) is 18.3 Å². The van der Waals surface area contributed by atoms with Crippen LogP contribution in [-0.4, -0.2) is 27.5 Å². The molecule has 1 amide bonds. The molecule has 1 aliphatic rings. The molecule has 0 unspecified atom stereocenters. The minimum absolute atomic E-state index is 0.0311. The van der Waals surface area contributed by atoms with E-state index in [1.165, 1.54) is 5.56 Å². The summed E-state index contributed by atoms with van der Waals surface area (Å²) >= 11 is 0. The highest BCUT2D eigenvalue weighted by molar-refractivity contribution is 5.92. The Morgan fingerprint density at radius 2 is 1.93 bits per heavy atom.